The maximum Gasteiger partial charge on any atom is 0.419 e. The molecular weight excluding hydrogens is 405 g/mol. The third-order valence-electron chi connectivity index (χ3n) is 6.12. The van der Waals surface area contributed by atoms with Crippen LogP contribution in [0.1, 0.15) is 49.9 Å². The van der Waals surface area contributed by atoms with Crippen LogP contribution in [0.25, 0.3) is 11.3 Å². The molecule has 0 bridgehead atoms. The van der Waals surface area contributed by atoms with Crippen molar-refractivity contribution in [2.75, 3.05) is 12.3 Å². The third kappa shape index (κ3) is 3.89. The van der Waals surface area contributed by atoms with Crippen molar-refractivity contribution in [3.63, 3.8) is 0 Å². The van der Waals surface area contributed by atoms with Crippen LogP contribution >= 0.6 is 0 Å². The predicted molar refractivity (Wildman–Crippen MR) is 102 cm³/mol. The first kappa shape index (κ1) is 21.0. The Morgan fingerprint density at radius 1 is 1.20 bits per heavy atom. The molecule has 10 heteroatoms. The van der Waals surface area contributed by atoms with E-state index in [1.54, 1.807) is 0 Å². The van der Waals surface area contributed by atoms with Gasteiger partial charge in [-0.1, -0.05) is 0 Å². The zero-order valence-corrected chi connectivity index (χ0v) is 16.6. The number of halogens is 5. The minimum absolute atomic E-state index is 0.0339. The number of aromatic nitrogens is 3. The number of nitrogens with zero attached hydrogens (tertiary/aromatic N) is 3. The van der Waals surface area contributed by atoms with Gasteiger partial charge < -0.3 is 11.1 Å². The molecule has 0 radical (unpaired) electrons. The van der Waals surface area contributed by atoms with Gasteiger partial charge in [-0.15, -0.1) is 0 Å². The standard InChI is InChI=1S/C20H24F5N5/c1-9(2)30-16(18-12-4-11(5-13(12)18)27-8-17(21)22)6-15(29-30)10-3-14(20(23,24)25)19(26)28-7-10/h3,6-7,9,11-13,17-18,27H,4-5,8H2,1-2H3,(H2,26,28)/t11-,12-,13+,18+. The summed E-state index contributed by atoms with van der Waals surface area (Å²) in [6.07, 6.45) is -4.01. The zero-order chi connectivity index (χ0) is 21.8. The molecule has 0 aromatic carbocycles. The zero-order valence-electron chi connectivity index (χ0n) is 16.6. The summed E-state index contributed by atoms with van der Waals surface area (Å²) < 4.78 is 66.3. The molecule has 0 aliphatic heterocycles. The van der Waals surface area contributed by atoms with Crippen molar-refractivity contribution in [1.29, 1.82) is 0 Å². The molecule has 2 aliphatic rings. The van der Waals surface area contributed by atoms with Crippen LogP contribution in [0.2, 0.25) is 0 Å². The topological polar surface area (TPSA) is 68.8 Å². The van der Waals surface area contributed by atoms with Gasteiger partial charge in [0.2, 0.25) is 0 Å². The molecule has 0 spiro atoms. The van der Waals surface area contributed by atoms with Gasteiger partial charge in [0.05, 0.1) is 17.8 Å². The number of nitrogens with one attached hydrogen (secondary N) is 1. The minimum Gasteiger partial charge on any atom is -0.383 e. The van der Waals surface area contributed by atoms with E-state index in [2.05, 4.69) is 15.4 Å². The van der Waals surface area contributed by atoms with Crippen LogP contribution in [0, 0.1) is 11.8 Å². The van der Waals surface area contributed by atoms with Gasteiger partial charge >= 0.3 is 6.18 Å². The molecule has 4 rings (SSSR count). The lowest BCUT2D eigenvalue weighted by Gasteiger charge is -2.17. The fourth-order valence-electron chi connectivity index (χ4n) is 4.76. The molecule has 4 atom stereocenters. The van der Waals surface area contributed by atoms with E-state index >= 15 is 0 Å². The van der Waals surface area contributed by atoms with Crippen molar-refractivity contribution in [3.8, 4) is 11.3 Å². The van der Waals surface area contributed by atoms with Gasteiger partial charge in [0.25, 0.3) is 6.43 Å². The van der Waals surface area contributed by atoms with Gasteiger partial charge in [-0.3, -0.25) is 4.68 Å². The Bertz CT molecular complexity index is 911. The summed E-state index contributed by atoms with van der Waals surface area (Å²) in [6, 6.07) is 2.94. The Morgan fingerprint density at radius 2 is 1.87 bits per heavy atom. The quantitative estimate of drug-likeness (QED) is 0.665. The van der Waals surface area contributed by atoms with Crippen LogP contribution in [0.4, 0.5) is 27.8 Å². The molecule has 2 saturated carbocycles. The van der Waals surface area contributed by atoms with Gasteiger partial charge in [0.15, 0.2) is 0 Å². The van der Waals surface area contributed by atoms with E-state index in [0.717, 1.165) is 24.6 Å². The summed E-state index contributed by atoms with van der Waals surface area (Å²) in [7, 11) is 0. The molecule has 3 N–H and O–H groups in total. The Labute approximate surface area is 170 Å². The number of hydrogen-bond acceptors (Lipinski definition) is 4. The first-order chi connectivity index (χ1) is 14.1. The summed E-state index contributed by atoms with van der Waals surface area (Å²) in [6.45, 7) is 3.64. The number of hydrogen-bond donors (Lipinski definition) is 2. The van der Waals surface area contributed by atoms with Crippen LogP contribution in [-0.2, 0) is 6.18 Å². The van der Waals surface area contributed by atoms with E-state index < -0.39 is 24.0 Å². The van der Waals surface area contributed by atoms with E-state index in [-0.39, 0.29) is 30.1 Å². The van der Waals surface area contributed by atoms with E-state index in [4.69, 9.17) is 5.73 Å². The monoisotopic (exact) mass is 429 g/mol. The van der Waals surface area contributed by atoms with Crippen LogP contribution in [0.3, 0.4) is 0 Å². The van der Waals surface area contributed by atoms with E-state index in [0.29, 0.717) is 17.5 Å². The van der Waals surface area contributed by atoms with Gasteiger partial charge in [-0.05, 0) is 50.7 Å². The summed E-state index contributed by atoms with van der Waals surface area (Å²) in [5, 5.41) is 7.46. The van der Waals surface area contributed by atoms with Gasteiger partial charge in [0.1, 0.15) is 5.82 Å². The molecule has 0 saturated heterocycles. The number of pyridine rings is 1. The number of nitrogens with two attached hydrogens (primary N) is 1. The third-order valence-corrected chi connectivity index (χ3v) is 6.12. The van der Waals surface area contributed by atoms with Crippen LogP contribution in [-0.4, -0.2) is 33.8 Å². The Kier molecular flexibility index (Phi) is 5.24. The van der Waals surface area contributed by atoms with Crippen molar-refractivity contribution in [1.82, 2.24) is 20.1 Å². The van der Waals surface area contributed by atoms with Crippen molar-refractivity contribution in [3.05, 3.63) is 29.6 Å². The van der Waals surface area contributed by atoms with Gasteiger partial charge in [-0.25, -0.2) is 13.8 Å². The lowest BCUT2D eigenvalue weighted by molar-refractivity contribution is -0.137. The van der Waals surface area contributed by atoms with Crippen molar-refractivity contribution >= 4 is 5.82 Å². The van der Waals surface area contributed by atoms with Crippen LogP contribution < -0.4 is 11.1 Å². The van der Waals surface area contributed by atoms with Crippen LogP contribution in [0.5, 0.6) is 0 Å². The highest BCUT2D eigenvalue weighted by Gasteiger charge is 2.57. The Morgan fingerprint density at radius 3 is 2.43 bits per heavy atom. The maximum atomic E-state index is 13.2. The summed E-state index contributed by atoms with van der Waals surface area (Å²) >= 11 is 0. The fraction of sp³-hybridized carbons (Fsp3) is 0.600. The van der Waals surface area contributed by atoms with E-state index in [9.17, 15) is 22.0 Å². The van der Waals surface area contributed by atoms with Crippen molar-refractivity contribution in [2.45, 2.75) is 57.3 Å². The highest BCUT2D eigenvalue weighted by molar-refractivity contribution is 5.63. The molecule has 2 heterocycles. The second-order valence-electron chi connectivity index (χ2n) is 8.47. The molecule has 2 fully saturated rings. The number of fused-ring (bicyclic) bond motifs is 1. The average Bonchev–Trinajstić information content (AvgIpc) is 3.02. The largest absolute Gasteiger partial charge is 0.419 e. The van der Waals surface area contributed by atoms with Gasteiger partial charge in [-0.2, -0.15) is 18.3 Å². The number of nitrogen functional groups attached to an aromatic ring is 1. The fourth-order valence-corrected chi connectivity index (χ4v) is 4.76. The highest BCUT2D eigenvalue weighted by atomic mass is 19.4. The predicted octanol–water partition coefficient (Wildman–Crippen LogP) is 4.47. The number of rotatable bonds is 6. The molecule has 164 valence electrons. The minimum atomic E-state index is -4.59. The molecule has 0 unspecified atom stereocenters. The van der Waals surface area contributed by atoms with Crippen LogP contribution in [0.15, 0.2) is 18.3 Å². The normalized spacial score (nSPS) is 25.9. The second-order valence-corrected chi connectivity index (χ2v) is 8.47. The molecule has 2 aromatic rings. The molecule has 2 aromatic heterocycles. The summed E-state index contributed by atoms with van der Waals surface area (Å²) in [5.41, 5.74) is 6.10. The smallest absolute Gasteiger partial charge is 0.383 e. The van der Waals surface area contributed by atoms with Crippen molar-refractivity contribution < 1.29 is 22.0 Å². The number of alkyl halides is 5. The average molecular weight is 429 g/mol. The molecule has 2 aliphatic carbocycles. The maximum absolute atomic E-state index is 13.2. The van der Waals surface area contributed by atoms with Gasteiger partial charge in [0, 0.05) is 35.5 Å². The second kappa shape index (κ2) is 7.47. The SMILES string of the molecule is CC(C)n1nc(-c2cnc(N)c(C(F)(F)F)c2)cc1[C@H]1[C@@H]2C[C@@H](NCC(F)F)C[C@@H]21. The first-order valence-electron chi connectivity index (χ1n) is 10.00. The summed E-state index contributed by atoms with van der Waals surface area (Å²) in [5.74, 6) is 0.464. The Balaban J connectivity index is 1.57. The number of anilines is 1. The molecule has 0 amide bonds. The molecule has 30 heavy (non-hydrogen) atoms. The van der Waals surface area contributed by atoms with E-state index in [1.807, 2.05) is 24.6 Å². The summed E-state index contributed by atoms with van der Waals surface area (Å²) in [4.78, 5) is 3.71. The lowest BCUT2D eigenvalue weighted by Crippen LogP contribution is -2.32. The molecular formula is C20H24F5N5. The molecule has 5 nitrogen and oxygen atoms in total. The highest BCUT2D eigenvalue weighted by Crippen LogP contribution is 2.63. The Hall–Kier alpha value is -2.23. The lowest BCUT2D eigenvalue weighted by atomic mass is 10.0. The first-order valence-corrected chi connectivity index (χ1v) is 10.00. The van der Waals surface area contributed by atoms with E-state index in [1.165, 1.54) is 6.20 Å². The van der Waals surface area contributed by atoms with Crippen molar-refractivity contribution in [2.24, 2.45) is 11.8 Å².